The van der Waals surface area contributed by atoms with Crippen LogP contribution in [0.5, 0.6) is 5.75 Å². The van der Waals surface area contributed by atoms with Crippen molar-refractivity contribution in [2.45, 2.75) is 13.1 Å². The molecule has 0 radical (unpaired) electrons. The number of nitrogens with one attached hydrogen (secondary N) is 1. The van der Waals surface area contributed by atoms with Crippen LogP contribution in [-0.2, 0) is 13.1 Å². The van der Waals surface area contributed by atoms with E-state index in [1.165, 1.54) is 4.90 Å². The van der Waals surface area contributed by atoms with E-state index in [1.54, 1.807) is 13.4 Å². The van der Waals surface area contributed by atoms with Gasteiger partial charge in [-0.3, -0.25) is 0 Å². The second-order valence-corrected chi connectivity index (χ2v) is 6.42. The molecule has 0 aliphatic carbocycles. The first-order valence-electron chi connectivity index (χ1n) is 8.82. The first kappa shape index (κ1) is 16.6. The summed E-state index contributed by atoms with van der Waals surface area (Å²) in [5.41, 5.74) is 1.16. The first-order chi connectivity index (χ1) is 12.8. The lowest BCUT2D eigenvalue weighted by Gasteiger charge is -2.34. The van der Waals surface area contributed by atoms with Crippen molar-refractivity contribution in [1.29, 1.82) is 0 Å². The molecule has 2 aromatic heterocycles. The van der Waals surface area contributed by atoms with E-state index >= 15 is 0 Å². The summed E-state index contributed by atoms with van der Waals surface area (Å²) in [7, 11) is 1.72. The van der Waals surface area contributed by atoms with E-state index in [4.69, 9.17) is 9.15 Å². The van der Waals surface area contributed by atoms with Crippen molar-refractivity contribution in [3.05, 3.63) is 54.2 Å². The standard InChI is InChI=1S/C18H22N6O2/c1-25-17-7-3-2-6-16(17)23-10-8-22(9-11-23)14-18-19-20-21-24(18)13-15-5-4-12-26-15/h2-7,12H,8-11,13-14H2,1H3/p+1. The quantitative estimate of drug-likeness (QED) is 0.682. The van der Waals surface area contributed by atoms with Crippen molar-refractivity contribution >= 4 is 5.69 Å². The van der Waals surface area contributed by atoms with E-state index < -0.39 is 0 Å². The van der Waals surface area contributed by atoms with Crippen molar-refractivity contribution in [3.8, 4) is 5.75 Å². The van der Waals surface area contributed by atoms with Crippen LogP contribution in [-0.4, -0.2) is 53.5 Å². The number of anilines is 1. The lowest BCUT2D eigenvalue weighted by molar-refractivity contribution is -0.915. The van der Waals surface area contributed by atoms with Crippen LogP contribution < -0.4 is 14.5 Å². The van der Waals surface area contributed by atoms with Crippen LogP contribution in [0, 0.1) is 0 Å². The number of hydrogen-bond donors (Lipinski definition) is 1. The van der Waals surface area contributed by atoms with Gasteiger partial charge in [0.1, 0.15) is 24.6 Å². The minimum absolute atomic E-state index is 0.565. The molecule has 0 bridgehead atoms. The smallest absolute Gasteiger partial charge is 0.206 e. The average Bonchev–Trinajstić information content (AvgIpc) is 3.35. The molecule has 3 aromatic rings. The Morgan fingerprint density at radius 1 is 1.15 bits per heavy atom. The highest BCUT2D eigenvalue weighted by Gasteiger charge is 2.24. The van der Waals surface area contributed by atoms with Crippen molar-refractivity contribution in [2.24, 2.45) is 0 Å². The van der Waals surface area contributed by atoms with Gasteiger partial charge >= 0.3 is 0 Å². The fraction of sp³-hybridized carbons (Fsp3) is 0.389. The average molecular weight is 355 g/mol. The second kappa shape index (κ2) is 7.57. The molecule has 8 heteroatoms. The molecule has 0 saturated carbocycles. The number of rotatable bonds is 6. The number of tetrazole rings is 1. The first-order valence-corrected chi connectivity index (χ1v) is 8.82. The van der Waals surface area contributed by atoms with Crippen molar-refractivity contribution in [1.82, 2.24) is 20.2 Å². The highest BCUT2D eigenvalue weighted by Crippen LogP contribution is 2.27. The second-order valence-electron chi connectivity index (χ2n) is 6.42. The normalized spacial score (nSPS) is 15.3. The molecule has 4 rings (SSSR count). The molecule has 1 aliphatic heterocycles. The third kappa shape index (κ3) is 3.55. The lowest BCUT2D eigenvalue weighted by atomic mass is 10.2. The summed E-state index contributed by atoms with van der Waals surface area (Å²) in [4.78, 5) is 3.86. The molecule has 0 unspecified atom stereocenters. The van der Waals surface area contributed by atoms with Crippen LogP contribution >= 0.6 is 0 Å². The number of piperazine rings is 1. The van der Waals surface area contributed by atoms with Gasteiger partial charge in [0.15, 0.2) is 0 Å². The van der Waals surface area contributed by atoms with Gasteiger partial charge in [0.2, 0.25) is 5.82 Å². The minimum atomic E-state index is 0.565. The van der Waals surface area contributed by atoms with Gasteiger partial charge in [0.05, 0.1) is 45.2 Å². The van der Waals surface area contributed by atoms with E-state index in [1.807, 2.05) is 28.9 Å². The summed E-state index contributed by atoms with van der Waals surface area (Å²) in [6, 6.07) is 12.0. The molecule has 26 heavy (non-hydrogen) atoms. The Bertz CT molecular complexity index is 824. The monoisotopic (exact) mass is 355 g/mol. The van der Waals surface area contributed by atoms with Gasteiger partial charge in [-0.05, 0) is 34.7 Å². The van der Waals surface area contributed by atoms with E-state index in [-0.39, 0.29) is 0 Å². The molecule has 8 nitrogen and oxygen atoms in total. The third-order valence-corrected chi connectivity index (χ3v) is 4.80. The molecule has 0 amide bonds. The largest absolute Gasteiger partial charge is 0.495 e. The Morgan fingerprint density at radius 2 is 2.00 bits per heavy atom. The van der Waals surface area contributed by atoms with Gasteiger partial charge in [0.25, 0.3) is 0 Å². The number of quaternary nitrogens is 1. The molecule has 0 atom stereocenters. The number of methoxy groups -OCH3 is 1. The molecule has 1 aromatic carbocycles. The number of furan rings is 1. The fourth-order valence-electron chi connectivity index (χ4n) is 3.38. The summed E-state index contributed by atoms with van der Waals surface area (Å²) in [6.07, 6.45) is 1.67. The lowest BCUT2D eigenvalue weighted by Crippen LogP contribution is -3.13. The molecular weight excluding hydrogens is 332 g/mol. The predicted octanol–water partition coefficient (Wildman–Crippen LogP) is 0.228. The molecular formula is C18H23N6O2+. The van der Waals surface area contributed by atoms with Gasteiger partial charge in [-0.15, -0.1) is 5.10 Å². The summed E-state index contributed by atoms with van der Waals surface area (Å²) in [6.45, 7) is 5.41. The number of nitrogens with zero attached hydrogens (tertiary/aromatic N) is 5. The maximum atomic E-state index is 5.49. The van der Waals surface area contributed by atoms with Crippen LogP contribution in [0.3, 0.4) is 0 Å². The maximum absolute atomic E-state index is 5.49. The van der Waals surface area contributed by atoms with Gasteiger partial charge in [-0.2, -0.15) is 0 Å². The molecule has 3 heterocycles. The summed E-state index contributed by atoms with van der Waals surface area (Å²) >= 11 is 0. The Labute approximate surface area is 152 Å². The Morgan fingerprint density at radius 3 is 2.77 bits per heavy atom. The Kier molecular flexibility index (Phi) is 4.83. The van der Waals surface area contributed by atoms with E-state index in [9.17, 15) is 0 Å². The Balaban J connectivity index is 1.37. The maximum Gasteiger partial charge on any atom is 0.206 e. The molecule has 1 N–H and O–H groups in total. The highest BCUT2D eigenvalue weighted by molar-refractivity contribution is 5.58. The van der Waals surface area contributed by atoms with Gasteiger partial charge in [-0.25, -0.2) is 4.68 Å². The predicted molar refractivity (Wildman–Crippen MR) is 95.2 cm³/mol. The van der Waals surface area contributed by atoms with Crippen molar-refractivity contribution in [3.63, 3.8) is 0 Å². The van der Waals surface area contributed by atoms with E-state index in [0.717, 1.165) is 55.7 Å². The van der Waals surface area contributed by atoms with E-state index in [0.29, 0.717) is 6.54 Å². The van der Waals surface area contributed by atoms with Gasteiger partial charge < -0.3 is 19.0 Å². The zero-order valence-corrected chi connectivity index (χ0v) is 14.8. The van der Waals surface area contributed by atoms with Gasteiger partial charge in [0, 0.05) is 0 Å². The number of benzene rings is 1. The highest BCUT2D eigenvalue weighted by atomic mass is 16.5. The van der Waals surface area contributed by atoms with Crippen molar-refractivity contribution < 1.29 is 14.1 Å². The SMILES string of the molecule is COc1ccccc1N1CC[NH+](Cc2nnnn2Cc2ccco2)CC1. The topological polar surface area (TPSA) is 73.7 Å². The molecule has 1 fully saturated rings. The summed E-state index contributed by atoms with van der Waals surface area (Å²) < 4.78 is 12.7. The molecule has 0 spiro atoms. The number of para-hydroxylation sites is 2. The Hall–Kier alpha value is -2.87. The van der Waals surface area contributed by atoms with Crippen molar-refractivity contribution in [2.75, 3.05) is 38.2 Å². The number of aromatic nitrogens is 4. The van der Waals surface area contributed by atoms with Crippen LogP contribution in [0.25, 0.3) is 0 Å². The number of ether oxygens (including phenoxy) is 1. The van der Waals surface area contributed by atoms with Crippen LogP contribution in [0.1, 0.15) is 11.6 Å². The summed E-state index contributed by atoms with van der Waals surface area (Å²) in [5, 5.41) is 12.1. The van der Waals surface area contributed by atoms with Crippen LogP contribution in [0.15, 0.2) is 47.1 Å². The van der Waals surface area contributed by atoms with Crippen LogP contribution in [0.2, 0.25) is 0 Å². The number of hydrogen-bond acceptors (Lipinski definition) is 6. The zero-order chi connectivity index (χ0) is 17.8. The molecule has 1 saturated heterocycles. The summed E-state index contributed by atoms with van der Waals surface area (Å²) in [5.74, 6) is 2.68. The third-order valence-electron chi connectivity index (χ3n) is 4.80. The molecule has 136 valence electrons. The zero-order valence-electron chi connectivity index (χ0n) is 14.8. The minimum Gasteiger partial charge on any atom is -0.495 e. The fourth-order valence-corrected chi connectivity index (χ4v) is 3.38. The van der Waals surface area contributed by atoms with Crippen LogP contribution in [0.4, 0.5) is 5.69 Å². The van der Waals surface area contributed by atoms with E-state index in [2.05, 4.69) is 32.6 Å². The van der Waals surface area contributed by atoms with Gasteiger partial charge in [-0.1, -0.05) is 12.1 Å². The molecule has 1 aliphatic rings.